The molecule has 15 heteroatoms. The molecule has 1 aromatic carbocycles. The molecule has 30 heavy (non-hydrogen) atoms. The van der Waals surface area contributed by atoms with E-state index in [1.807, 2.05) is 0 Å². The van der Waals surface area contributed by atoms with Crippen LogP contribution < -0.4 is 5.73 Å². The van der Waals surface area contributed by atoms with E-state index in [-0.39, 0.29) is 11.3 Å². The molecule has 3 rings (SSSR count). The zero-order valence-corrected chi connectivity index (χ0v) is 15.1. The Morgan fingerprint density at radius 3 is 1.97 bits per heavy atom. The van der Waals surface area contributed by atoms with Gasteiger partial charge in [0.2, 0.25) is 5.82 Å². The number of benzene rings is 1. The minimum absolute atomic E-state index is 0.202. The molecule has 162 valence electrons. The van der Waals surface area contributed by atoms with Gasteiger partial charge >= 0.3 is 18.5 Å². The molecule has 0 saturated heterocycles. The molecule has 2 N–H and O–H groups in total. The van der Waals surface area contributed by atoms with Gasteiger partial charge in [0.1, 0.15) is 5.82 Å². The van der Waals surface area contributed by atoms with Crippen molar-refractivity contribution in [3.8, 4) is 5.69 Å². The maximum atomic E-state index is 13.3. The smallest absolute Gasteiger partial charge is 0.383 e. The summed E-state index contributed by atoms with van der Waals surface area (Å²) >= 11 is 5.85. The van der Waals surface area contributed by atoms with E-state index in [0.29, 0.717) is 16.8 Å². The molecule has 0 aliphatic heterocycles. The number of nitrogen functional groups attached to an aromatic ring is 1. The molecule has 0 unspecified atom stereocenters. The molecule has 0 aliphatic carbocycles. The average Bonchev–Trinajstić information content (AvgIpc) is 2.87. The van der Waals surface area contributed by atoms with Crippen LogP contribution in [0.25, 0.3) is 16.7 Å². The summed E-state index contributed by atoms with van der Waals surface area (Å²) in [6, 6.07) is 1.11. The highest BCUT2D eigenvalue weighted by Crippen LogP contribution is 2.41. The van der Waals surface area contributed by atoms with Crippen LogP contribution in [-0.4, -0.2) is 19.7 Å². The van der Waals surface area contributed by atoms with Gasteiger partial charge in [0.25, 0.3) is 0 Å². The number of aromatic nitrogens is 4. The number of nitrogens with two attached hydrogens (primary N) is 1. The number of hydrogen-bond donors (Lipinski definition) is 1. The fourth-order valence-electron chi connectivity index (χ4n) is 2.68. The predicted octanol–water partition coefficient (Wildman–Crippen LogP) is 5.42. The lowest BCUT2D eigenvalue weighted by atomic mass is 10.1. The van der Waals surface area contributed by atoms with Crippen molar-refractivity contribution in [1.29, 1.82) is 0 Å². The zero-order chi connectivity index (χ0) is 22.8. The second-order valence-electron chi connectivity index (χ2n) is 6.01. The fraction of sp³-hybridized carbons (Fsp3) is 0.267. The van der Waals surface area contributed by atoms with Crippen molar-refractivity contribution in [2.24, 2.45) is 0 Å². The standard InChI is InChI=1S/C15H7ClF9N5/c1-4-2-5(13(17,18)19)3-6(16)8(4)30-10(26)7-9(14(20,21)22)27-12(15(23,24)25)28-11(7)29-30/h2-3H,26H2,1H3. The van der Waals surface area contributed by atoms with E-state index in [2.05, 4.69) is 15.1 Å². The first kappa shape index (κ1) is 21.9. The van der Waals surface area contributed by atoms with Gasteiger partial charge in [-0.05, 0) is 24.6 Å². The quantitative estimate of drug-likeness (QED) is 0.490. The molecule has 0 radical (unpaired) electrons. The van der Waals surface area contributed by atoms with Crippen LogP contribution >= 0.6 is 11.6 Å². The van der Waals surface area contributed by atoms with Crippen molar-refractivity contribution in [1.82, 2.24) is 19.7 Å². The van der Waals surface area contributed by atoms with Crippen molar-refractivity contribution in [2.45, 2.75) is 25.5 Å². The highest BCUT2D eigenvalue weighted by molar-refractivity contribution is 6.32. The van der Waals surface area contributed by atoms with Gasteiger partial charge in [-0.1, -0.05) is 11.6 Å². The van der Waals surface area contributed by atoms with E-state index in [9.17, 15) is 39.5 Å². The highest BCUT2D eigenvalue weighted by Gasteiger charge is 2.43. The molecule has 0 aliphatic rings. The zero-order valence-electron chi connectivity index (χ0n) is 14.3. The first-order valence-electron chi connectivity index (χ1n) is 7.60. The van der Waals surface area contributed by atoms with E-state index in [4.69, 9.17) is 17.3 Å². The number of nitrogens with zero attached hydrogens (tertiary/aromatic N) is 4. The molecule has 2 aromatic heterocycles. The van der Waals surface area contributed by atoms with Crippen LogP contribution in [0.1, 0.15) is 22.6 Å². The largest absolute Gasteiger partial charge is 0.451 e. The topological polar surface area (TPSA) is 69.6 Å². The Hall–Kier alpha value is -2.77. The normalized spacial score (nSPS) is 13.3. The second-order valence-corrected chi connectivity index (χ2v) is 6.42. The molecular formula is C15H7ClF9N5. The Labute approximate surface area is 165 Å². The Morgan fingerprint density at radius 1 is 0.900 bits per heavy atom. The van der Waals surface area contributed by atoms with Crippen LogP contribution in [0.3, 0.4) is 0 Å². The predicted molar refractivity (Wildman–Crippen MR) is 85.8 cm³/mol. The summed E-state index contributed by atoms with van der Waals surface area (Å²) in [6.45, 7) is 1.14. The van der Waals surface area contributed by atoms with Gasteiger partial charge in [0, 0.05) is 0 Å². The third kappa shape index (κ3) is 3.70. The number of halogens is 10. The van der Waals surface area contributed by atoms with Crippen LogP contribution in [0.2, 0.25) is 5.02 Å². The summed E-state index contributed by atoms with van der Waals surface area (Å²) in [5, 5.41) is 1.87. The maximum Gasteiger partial charge on any atom is 0.451 e. The number of hydrogen-bond acceptors (Lipinski definition) is 4. The Morgan fingerprint density at radius 2 is 1.50 bits per heavy atom. The molecule has 3 aromatic rings. The van der Waals surface area contributed by atoms with Gasteiger partial charge in [0.05, 0.1) is 21.7 Å². The lowest BCUT2D eigenvalue weighted by Crippen LogP contribution is -2.17. The molecule has 0 amide bonds. The van der Waals surface area contributed by atoms with Gasteiger partial charge < -0.3 is 5.73 Å². The average molecular weight is 464 g/mol. The summed E-state index contributed by atoms with van der Waals surface area (Å²) in [6.07, 6.45) is -15.5. The third-order valence-electron chi connectivity index (χ3n) is 3.88. The summed E-state index contributed by atoms with van der Waals surface area (Å²) in [7, 11) is 0. The molecule has 2 heterocycles. The number of rotatable bonds is 1. The maximum absolute atomic E-state index is 13.3. The molecule has 0 fully saturated rings. The third-order valence-corrected chi connectivity index (χ3v) is 4.17. The first-order chi connectivity index (χ1) is 13.5. The SMILES string of the molecule is Cc1cc(C(F)(F)F)cc(Cl)c1-n1nc2nc(C(F)(F)F)nc(C(F)(F)F)c2c1N. The summed E-state index contributed by atoms with van der Waals surface area (Å²) in [5.74, 6) is -2.96. The van der Waals surface area contributed by atoms with Crippen molar-refractivity contribution in [3.63, 3.8) is 0 Å². The van der Waals surface area contributed by atoms with Crippen LogP contribution in [0.5, 0.6) is 0 Å². The minimum atomic E-state index is -5.36. The first-order valence-corrected chi connectivity index (χ1v) is 7.98. The molecular weight excluding hydrogens is 457 g/mol. The van der Waals surface area contributed by atoms with Crippen molar-refractivity contribution >= 4 is 28.5 Å². The summed E-state index contributed by atoms with van der Waals surface area (Å²) in [4.78, 5) is 5.50. The fourth-order valence-corrected chi connectivity index (χ4v) is 3.03. The number of alkyl halides is 9. The van der Waals surface area contributed by atoms with Crippen LogP contribution in [0.4, 0.5) is 45.3 Å². The van der Waals surface area contributed by atoms with Gasteiger partial charge in [-0.15, -0.1) is 5.10 Å². The van der Waals surface area contributed by atoms with Gasteiger partial charge in [-0.2, -0.15) is 39.5 Å². The van der Waals surface area contributed by atoms with Crippen LogP contribution in [0, 0.1) is 6.92 Å². The highest BCUT2D eigenvalue weighted by atomic mass is 35.5. The van der Waals surface area contributed by atoms with E-state index in [1.165, 1.54) is 0 Å². The minimum Gasteiger partial charge on any atom is -0.383 e. The van der Waals surface area contributed by atoms with E-state index < -0.39 is 57.5 Å². The monoisotopic (exact) mass is 463 g/mol. The number of fused-ring (bicyclic) bond motifs is 1. The Balaban J connectivity index is 2.37. The van der Waals surface area contributed by atoms with Crippen molar-refractivity contribution < 1.29 is 39.5 Å². The second kappa shape index (κ2) is 6.62. The van der Waals surface area contributed by atoms with Gasteiger partial charge in [0.15, 0.2) is 11.3 Å². The van der Waals surface area contributed by atoms with E-state index in [0.717, 1.165) is 6.92 Å². The van der Waals surface area contributed by atoms with Crippen molar-refractivity contribution in [2.75, 3.05) is 5.73 Å². The molecule has 0 bridgehead atoms. The molecule has 0 atom stereocenters. The lowest BCUT2D eigenvalue weighted by molar-refractivity contribution is -0.151. The number of aryl methyl sites for hydroxylation is 1. The van der Waals surface area contributed by atoms with Crippen LogP contribution in [-0.2, 0) is 18.5 Å². The molecule has 0 saturated carbocycles. The summed E-state index contributed by atoms with van der Waals surface area (Å²) < 4.78 is 118. The van der Waals surface area contributed by atoms with E-state index >= 15 is 0 Å². The molecule has 5 nitrogen and oxygen atoms in total. The van der Waals surface area contributed by atoms with Crippen LogP contribution in [0.15, 0.2) is 12.1 Å². The van der Waals surface area contributed by atoms with Crippen molar-refractivity contribution in [3.05, 3.63) is 39.8 Å². The lowest BCUT2D eigenvalue weighted by Gasteiger charge is -2.14. The van der Waals surface area contributed by atoms with Gasteiger partial charge in [-0.3, -0.25) is 0 Å². The van der Waals surface area contributed by atoms with E-state index in [1.54, 1.807) is 0 Å². The summed E-state index contributed by atoms with van der Waals surface area (Å²) in [5.41, 5.74) is 0.879. The van der Waals surface area contributed by atoms with Gasteiger partial charge in [-0.25, -0.2) is 14.6 Å². The molecule has 0 spiro atoms. The number of anilines is 1. The Kier molecular flexibility index (Phi) is 4.84. The Bertz CT molecular complexity index is 1120.